The van der Waals surface area contributed by atoms with E-state index in [0.717, 1.165) is 5.56 Å². The average molecular weight is 225 g/mol. The minimum Gasteiger partial charge on any atom is -0.329 e. The van der Waals surface area contributed by atoms with Gasteiger partial charge in [0.1, 0.15) is 0 Å². The monoisotopic (exact) mass is 225 g/mol. The Morgan fingerprint density at radius 3 is 2.53 bits per heavy atom. The molecule has 2 atom stereocenters. The van der Waals surface area contributed by atoms with Crippen LogP contribution in [0.1, 0.15) is 23.6 Å². The molecule has 2 unspecified atom stereocenters. The lowest BCUT2D eigenvalue weighted by Crippen LogP contribution is -2.22. The first-order chi connectivity index (χ1) is 7.04. The van der Waals surface area contributed by atoms with Gasteiger partial charge < -0.3 is 5.73 Å². The number of nitrogens with two attached hydrogens (primary N) is 1. The van der Waals surface area contributed by atoms with Gasteiger partial charge in [0.05, 0.1) is 0 Å². The first-order valence-corrected chi connectivity index (χ1v) is 6.56. The fraction of sp³-hybridized carbons (Fsp3) is 0.500. The van der Waals surface area contributed by atoms with E-state index in [1.54, 1.807) is 0 Å². The van der Waals surface area contributed by atoms with Gasteiger partial charge in [-0.05, 0) is 37.5 Å². The van der Waals surface area contributed by atoms with Crippen molar-refractivity contribution < 1.29 is 4.21 Å². The Labute approximate surface area is 94.3 Å². The highest BCUT2D eigenvalue weighted by molar-refractivity contribution is 7.84. The minimum atomic E-state index is -0.856. The largest absolute Gasteiger partial charge is 0.329 e. The summed E-state index contributed by atoms with van der Waals surface area (Å²) in [5.41, 5.74) is 9.15. The van der Waals surface area contributed by atoms with Crippen molar-refractivity contribution in [2.45, 2.75) is 31.8 Å². The molecule has 0 aliphatic rings. The summed E-state index contributed by atoms with van der Waals surface area (Å²) in [5, 5.41) is 0.0756. The van der Waals surface area contributed by atoms with Crippen molar-refractivity contribution in [2.24, 2.45) is 5.73 Å². The van der Waals surface area contributed by atoms with Gasteiger partial charge >= 0.3 is 0 Å². The molecule has 1 rings (SSSR count). The summed E-state index contributed by atoms with van der Waals surface area (Å²) in [6.45, 7) is 6.57. The van der Waals surface area contributed by atoms with Gasteiger partial charge in [-0.3, -0.25) is 4.21 Å². The van der Waals surface area contributed by atoms with Crippen molar-refractivity contribution in [1.29, 1.82) is 0 Å². The number of hydrogen-bond acceptors (Lipinski definition) is 2. The fourth-order valence-corrected chi connectivity index (χ4v) is 2.31. The van der Waals surface area contributed by atoms with E-state index >= 15 is 0 Å². The zero-order valence-corrected chi connectivity index (χ0v) is 10.4. The van der Waals surface area contributed by atoms with Crippen LogP contribution < -0.4 is 5.73 Å². The smallest absolute Gasteiger partial charge is 0.0488 e. The second-order valence-electron chi connectivity index (χ2n) is 3.99. The maximum Gasteiger partial charge on any atom is 0.0488 e. The van der Waals surface area contributed by atoms with Gasteiger partial charge in [0.15, 0.2) is 0 Å². The third-order valence-electron chi connectivity index (χ3n) is 2.66. The molecule has 0 amide bonds. The molecular formula is C12H19NOS. The predicted octanol–water partition coefficient (Wildman–Crippen LogP) is 1.90. The lowest BCUT2D eigenvalue weighted by atomic mass is 10.1. The van der Waals surface area contributed by atoms with Crippen LogP contribution in [0.25, 0.3) is 0 Å². The summed E-state index contributed by atoms with van der Waals surface area (Å²) in [6.07, 6.45) is 0. The molecule has 0 radical (unpaired) electrons. The Morgan fingerprint density at radius 1 is 1.33 bits per heavy atom. The van der Waals surface area contributed by atoms with Crippen molar-refractivity contribution >= 4 is 10.8 Å². The average Bonchev–Trinajstić information content (AvgIpc) is 2.22. The molecule has 0 aliphatic heterocycles. The van der Waals surface area contributed by atoms with Crippen LogP contribution in [-0.2, 0) is 16.6 Å². The van der Waals surface area contributed by atoms with Crippen molar-refractivity contribution in [2.75, 3.05) is 6.54 Å². The van der Waals surface area contributed by atoms with Crippen molar-refractivity contribution in [3.8, 4) is 0 Å². The van der Waals surface area contributed by atoms with E-state index in [0.29, 0.717) is 12.3 Å². The van der Waals surface area contributed by atoms with E-state index in [9.17, 15) is 4.21 Å². The molecule has 0 aliphatic carbocycles. The van der Waals surface area contributed by atoms with Crippen molar-refractivity contribution in [1.82, 2.24) is 0 Å². The molecule has 3 heteroatoms. The molecule has 84 valence electrons. The van der Waals surface area contributed by atoms with Gasteiger partial charge in [0.2, 0.25) is 0 Å². The maximum atomic E-state index is 11.8. The molecule has 0 saturated heterocycles. The maximum absolute atomic E-state index is 11.8. The highest BCUT2D eigenvalue weighted by Gasteiger charge is 2.09. The molecule has 15 heavy (non-hydrogen) atoms. The Kier molecular flexibility index (Phi) is 4.48. The summed E-state index contributed by atoms with van der Waals surface area (Å²) in [4.78, 5) is 0. The van der Waals surface area contributed by atoms with Crippen LogP contribution >= 0.6 is 0 Å². The molecule has 1 aromatic carbocycles. The van der Waals surface area contributed by atoms with E-state index in [-0.39, 0.29) is 5.25 Å². The number of rotatable bonds is 4. The standard InChI is InChI=1S/C12H19NOS/c1-9-4-5-12(6-10(9)2)8-15(14)11(3)7-13/h4-6,11H,7-8,13H2,1-3H3. The Morgan fingerprint density at radius 2 is 2.00 bits per heavy atom. The second kappa shape index (κ2) is 5.42. The first-order valence-electron chi connectivity index (χ1n) is 5.18. The van der Waals surface area contributed by atoms with Gasteiger partial charge in [-0.1, -0.05) is 18.2 Å². The number of aryl methyl sites for hydroxylation is 2. The molecule has 0 saturated carbocycles. The van der Waals surface area contributed by atoms with Gasteiger partial charge in [0, 0.05) is 28.3 Å². The second-order valence-corrected chi connectivity index (χ2v) is 5.84. The fourth-order valence-electron chi connectivity index (χ4n) is 1.31. The van der Waals surface area contributed by atoms with Crippen molar-refractivity contribution in [3.63, 3.8) is 0 Å². The third-order valence-corrected chi connectivity index (χ3v) is 4.37. The van der Waals surface area contributed by atoms with E-state index in [1.165, 1.54) is 11.1 Å². The highest BCUT2D eigenvalue weighted by Crippen LogP contribution is 2.12. The number of hydrogen-bond donors (Lipinski definition) is 1. The van der Waals surface area contributed by atoms with Gasteiger partial charge in [-0.25, -0.2) is 0 Å². The first kappa shape index (κ1) is 12.4. The van der Waals surface area contributed by atoms with Crippen LogP contribution in [0.5, 0.6) is 0 Å². The van der Waals surface area contributed by atoms with E-state index in [1.807, 2.05) is 13.0 Å². The highest BCUT2D eigenvalue weighted by atomic mass is 32.2. The van der Waals surface area contributed by atoms with Crippen LogP contribution in [0.15, 0.2) is 18.2 Å². The topological polar surface area (TPSA) is 43.1 Å². The summed E-state index contributed by atoms with van der Waals surface area (Å²) in [5.74, 6) is 0.611. The van der Waals surface area contributed by atoms with Crippen LogP contribution in [0, 0.1) is 13.8 Å². The zero-order valence-electron chi connectivity index (χ0n) is 9.62. The van der Waals surface area contributed by atoms with Gasteiger partial charge in [-0.15, -0.1) is 0 Å². The van der Waals surface area contributed by atoms with Crippen LogP contribution in [0.3, 0.4) is 0 Å². The number of benzene rings is 1. The van der Waals surface area contributed by atoms with E-state index < -0.39 is 10.8 Å². The molecule has 0 aromatic heterocycles. The summed E-state index contributed by atoms with van der Waals surface area (Å²) < 4.78 is 11.8. The summed E-state index contributed by atoms with van der Waals surface area (Å²) in [6, 6.07) is 6.23. The minimum absolute atomic E-state index is 0.0756. The molecule has 2 nitrogen and oxygen atoms in total. The van der Waals surface area contributed by atoms with E-state index in [2.05, 4.69) is 26.0 Å². The predicted molar refractivity (Wildman–Crippen MR) is 66.3 cm³/mol. The van der Waals surface area contributed by atoms with Crippen LogP contribution in [0.2, 0.25) is 0 Å². The molecule has 0 spiro atoms. The molecule has 0 heterocycles. The zero-order chi connectivity index (χ0) is 11.4. The Bertz CT molecular complexity index is 363. The van der Waals surface area contributed by atoms with Gasteiger partial charge in [0.25, 0.3) is 0 Å². The Hall–Kier alpha value is -0.670. The van der Waals surface area contributed by atoms with Crippen LogP contribution in [-0.4, -0.2) is 16.0 Å². The van der Waals surface area contributed by atoms with Crippen molar-refractivity contribution in [3.05, 3.63) is 34.9 Å². The normalized spacial score (nSPS) is 14.9. The molecule has 0 fully saturated rings. The lowest BCUT2D eigenvalue weighted by Gasteiger charge is -2.09. The molecule has 2 N–H and O–H groups in total. The molecule has 0 bridgehead atoms. The summed E-state index contributed by atoms with van der Waals surface area (Å²) >= 11 is 0. The lowest BCUT2D eigenvalue weighted by molar-refractivity contribution is 0.672. The molecule has 1 aromatic rings. The summed E-state index contributed by atoms with van der Waals surface area (Å²) in [7, 11) is -0.856. The Balaban J connectivity index is 2.73. The third kappa shape index (κ3) is 3.43. The SMILES string of the molecule is Cc1ccc(CS(=O)C(C)CN)cc1C. The molecular weight excluding hydrogens is 206 g/mol. The van der Waals surface area contributed by atoms with Crippen LogP contribution in [0.4, 0.5) is 0 Å². The quantitative estimate of drug-likeness (QED) is 0.850. The van der Waals surface area contributed by atoms with E-state index in [4.69, 9.17) is 5.73 Å². The van der Waals surface area contributed by atoms with Gasteiger partial charge in [-0.2, -0.15) is 0 Å².